The van der Waals surface area contributed by atoms with Crippen LogP contribution in [-0.2, 0) is 13.2 Å². The van der Waals surface area contributed by atoms with Crippen LogP contribution in [0.3, 0.4) is 0 Å². The van der Waals surface area contributed by atoms with Crippen LogP contribution in [0, 0.1) is 6.92 Å². The van der Waals surface area contributed by atoms with E-state index in [1.807, 2.05) is 30.3 Å². The molecule has 3 N–H and O–H groups in total. The van der Waals surface area contributed by atoms with Crippen molar-refractivity contribution >= 4 is 6.03 Å². The van der Waals surface area contributed by atoms with E-state index in [1.165, 1.54) is 11.1 Å². The third kappa shape index (κ3) is 5.11. The van der Waals surface area contributed by atoms with Gasteiger partial charge in [-0.25, -0.2) is 4.79 Å². The molecular formula is C19H24N2O2. The molecule has 0 fully saturated rings. The zero-order chi connectivity index (χ0) is 16.7. The van der Waals surface area contributed by atoms with Gasteiger partial charge in [0.25, 0.3) is 0 Å². The van der Waals surface area contributed by atoms with Gasteiger partial charge in [0.2, 0.25) is 0 Å². The number of rotatable bonds is 6. The monoisotopic (exact) mass is 312 g/mol. The summed E-state index contributed by atoms with van der Waals surface area (Å²) in [7, 11) is 0. The molecule has 122 valence electrons. The summed E-state index contributed by atoms with van der Waals surface area (Å²) in [5, 5.41) is 15.0. The molecule has 0 radical (unpaired) electrons. The van der Waals surface area contributed by atoms with E-state index in [9.17, 15) is 9.90 Å². The zero-order valence-corrected chi connectivity index (χ0v) is 13.7. The van der Waals surface area contributed by atoms with Crippen LogP contribution in [-0.4, -0.2) is 17.7 Å². The average molecular weight is 312 g/mol. The van der Waals surface area contributed by atoms with E-state index in [0.29, 0.717) is 13.1 Å². The van der Waals surface area contributed by atoms with E-state index in [-0.39, 0.29) is 18.6 Å². The van der Waals surface area contributed by atoms with Crippen molar-refractivity contribution in [3.8, 4) is 0 Å². The Labute approximate surface area is 137 Å². The van der Waals surface area contributed by atoms with Gasteiger partial charge in [-0.05, 0) is 29.5 Å². The molecule has 0 saturated heterocycles. The highest BCUT2D eigenvalue weighted by Crippen LogP contribution is 2.15. The summed E-state index contributed by atoms with van der Waals surface area (Å²) < 4.78 is 0. The van der Waals surface area contributed by atoms with Crippen LogP contribution in [0.25, 0.3) is 0 Å². The SMILES string of the molecule is Cc1cccc(C(C)CNC(=O)NCc2ccccc2CO)c1. The fourth-order valence-electron chi connectivity index (χ4n) is 2.46. The predicted octanol–water partition coefficient (Wildman–Crippen LogP) is 3.09. The molecule has 0 spiro atoms. The zero-order valence-electron chi connectivity index (χ0n) is 13.7. The first kappa shape index (κ1) is 17.0. The van der Waals surface area contributed by atoms with Gasteiger partial charge in [-0.15, -0.1) is 0 Å². The summed E-state index contributed by atoms with van der Waals surface area (Å²) in [4.78, 5) is 11.9. The molecule has 0 aliphatic rings. The molecule has 0 aromatic heterocycles. The maximum Gasteiger partial charge on any atom is 0.315 e. The Hall–Kier alpha value is -2.33. The number of hydrogen-bond acceptors (Lipinski definition) is 2. The second kappa shape index (κ2) is 8.34. The summed E-state index contributed by atoms with van der Waals surface area (Å²) in [6.07, 6.45) is 0. The van der Waals surface area contributed by atoms with Gasteiger partial charge in [0, 0.05) is 13.1 Å². The van der Waals surface area contributed by atoms with Crippen molar-refractivity contribution in [1.29, 1.82) is 0 Å². The fraction of sp³-hybridized carbons (Fsp3) is 0.316. The molecule has 2 rings (SSSR count). The maximum atomic E-state index is 11.9. The predicted molar refractivity (Wildman–Crippen MR) is 92.2 cm³/mol. The minimum Gasteiger partial charge on any atom is -0.392 e. The smallest absolute Gasteiger partial charge is 0.315 e. The molecule has 2 aromatic carbocycles. The van der Waals surface area contributed by atoms with Gasteiger partial charge >= 0.3 is 6.03 Å². The average Bonchev–Trinajstić information content (AvgIpc) is 2.58. The number of nitrogens with one attached hydrogen (secondary N) is 2. The minimum atomic E-state index is -0.197. The molecule has 0 heterocycles. The van der Waals surface area contributed by atoms with Crippen molar-refractivity contribution in [2.75, 3.05) is 6.54 Å². The highest BCUT2D eigenvalue weighted by molar-refractivity contribution is 5.73. The van der Waals surface area contributed by atoms with Gasteiger partial charge in [0.05, 0.1) is 6.61 Å². The van der Waals surface area contributed by atoms with Gasteiger partial charge in [-0.3, -0.25) is 0 Å². The first-order valence-corrected chi connectivity index (χ1v) is 7.86. The number of amides is 2. The van der Waals surface area contributed by atoms with E-state index in [0.717, 1.165) is 11.1 Å². The first-order chi connectivity index (χ1) is 11.1. The van der Waals surface area contributed by atoms with Crippen molar-refractivity contribution in [3.05, 3.63) is 70.8 Å². The van der Waals surface area contributed by atoms with E-state index >= 15 is 0 Å². The molecule has 0 aliphatic carbocycles. The van der Waals surface area contributed by atoms with Crippen LogP contribution in [0.2, 0.25) is 0 Å². The summed E-state index contributed by atoms with van der Waals surface area (Å²) in [5.74, 6) is 0.255. The van der Waals surface area contributed by atoms with Crippen molar-refractivity contribution < 1.29 is 9.90 Å². The van der Waals surface area contributed by atoms with Crippen molar-refractivity contribution in [3.63, 3.8) is 0 Å². The number of hydrogen-bond donors (Lipinski definition) is 3. The molecule has 4 nitrogen and oxygen atoms in total. The molecule has 0 aliphatic heterocycles. The number of aliphatic hydroxyl groups is 1. The quantitative estimate of drug-likeness (QED) is 0.767. The van der Waals surface area contributed by atoms with Crippen LogP contribution in [0.15, 0.2) is 48.5 Å². The Bertz CT molecular complexity index is 655. The maximum absolute atomic E-state index is 11.9. The largest absolute Gasteiger partial charge is 0.392 e. The minimum absolute atomic E-state index is 0.0239. The number of benzene rings is 2. The highest BCUT2D eigenvalue weighted by Gasteiger charge is 2.08. The summed E-state index contributed by atoms with van der Waals surface area (Å²) in [5.41, 5.74) is 4.20. The second-order valence-corrected chi connectivity index (χ2v) is 5.81. The number of aryl methyl sites for hydroxylation is 1. The Balaban J connectivity index is 1.81. The van der Waals surface area contributed by atoms with Gasteiger partial charge in [0.1, 0.15) is 0 Å². The third-order valence-electron chi connectivity index (χ3n) is 3.91. The lowest BCUT2D eigenvalue weighted by atomic mass is 9.99. The lowest BCUT2D eigenvalue weighted by molar-refractivity contribution is 0.239. The molecule has 1 unspecified atom stereocenters. The van der Waals surface area contributed by atoms with Gasteiger partial charge in [-0.2, -0.15) is 0 Å². The Morgan fingerprint density at radius 3 is 2.52 bits per heavy atom. The second-order valence-electron chi connectivity index (χ2n) is 5.81. The van der Waals surface area contributed by atoms with Crippen LogP contribution in [0.1, 0.15) is 35.1 Å². The number of aliphatic hydroxyl groups excluding tert-OH is 1. The Morgan fingerprint density at radius 1 is 1.09 bits per heavy atom. The fourth-order valence-corrected chi connectivity index (χ4v) is 2.46. The molecular weight excluding hydrogens is 288 g/mol. The molecule has 0 bridgehead atoms. The van der Waals surface area contributed by atoms with Gasteiger partial charge in [0.15, 0.2) is 0 Å². The van der Waals surface area contributed by atoms with Gasteiger partial charge < -0.3 is 15.7 Å². The van der Waals surface area contributed by atoms with Crippen LogP contribution in [0.4, 0.5) is 4.79 Å². The molecule has 23 heavy (non-hydrogen) atoms. The van der Waals surface area contributed by atoms with Crippen LogP contribution >= 0.6 is 0 Å². The third-order valence-corrected chi connectivity index (χ3v) is 3.91. The van der Waals surface area contributed by atoms with Crippen molar-refractivity contribution in [2.45, 2.75) is 32.9 Å². The van der Waals surface area contributed by atoms with Crippen molar-refractivity contribution in [2.24, 2.45) is 0 Å². The van der Waals surface area contributed by atoms with Gasteiger partial charge in [-0.1, -0.05) is 61.0 Å². The Kier molecular flexibility index (Phi) is 6.18. The number of urea groups is 1. The molecule has 2 amide bonds. The highest BCUT2D eigenvalue weighted by atomic mass is 16.3. The standard InChI is InChI=1S/C19H24N2O2/c1-14-6-5-9-16(10-14)15(2)11-20-19(23)21-12-17-7-3-4-8-18(17)13-22/h3-10,15,22H,11-13H2,1-2H3,(H2,20,21,23). The van der Waals surface area contributed by atoms with Crippen LogP contribution < -0.4 is 10.6 Å². The normalized spacial score (nSPS) is 11.8. The topological polar surface area (TPSA) is 61.4 Å². The lowest BCUT2D eigenvalue weighted by Gasteiger charge is -2.15. The van der Waals surface area contributed by atoms with E-state index in [1.54, 1.807) is 0 Å². The molecule has 4 heteroatoms. The molecule has 0 saturated carbocycles. The van der Waals surface area contributed by atoms with E-state index in [4.69, 9.17) is 0 Å². The summed E-state index contributed by atoms with van der Waals surface area (Å²) in [6.45, 7) is 5.12. The first-order valence-electron chi connectivity index (χ1n) is 7.86. The summed E-state index contributed by atoms with van der Waals surface area (Å²) >= 11 is 0. The van der Waals surface area contributed by atoms with E-state index < -0.39 is 0 Å². The molecule has 1 atom stereocenters. The molecule has 2 aromatic rings. The number of carbonyl (C=O) groups excluding carboxylic acids is 1. The lowest BCUT2D eigenvalue weighted by Crippen LogP contribution is -2.37. The van der Waals surface area contributed by atoms with Crippen molar-refractivity contribution in [1.82, 2.24) is 10.6 Å². The van der Waals surface area contributed by atoms with E-state index in [2.05, 4.69) is 42.7 Å². The summed E-state index contributed by atoms with van der Waals surface area (Å²) in [6, 6.07) is 15.7. The van der Waals surface area contributed by atoms with Crippen LogP contribution in [0.5, 0.6) is 0 Å². The number of carbonyl (C=O) groups is 1. The Morgan fingerprint density at radius 2 is 1.83 bits per heavy atom.